The van der Waals surface area contributed by atoms with Crippen LogP contribution in [0.2, 0.25) is 0 Å². The minimum atomic E-state index is -1.23. The summed E-state index contributed by atoms with van der Waals surface area (Å²) >= 11 is 0. The first-order valence-corrected chi connectivity index (χ1v) is 5.34. The first-order valence-electron chi connectivity index (χ1n) is 5.34. The smallest absolute Gasteiger partial charge is 0.321 e. The molecule has 0 heterocycles. The van der Waals surface area contributed by atoms with Crippen LogP contribution in [-0.2, 0) is 9.59 Å². The molecule has 6 heteroatoms. The molecular weight excluding hydrogens is 239 g/mol. The lowest BCUT2D eigenvalue weighted by Crippen LogP contribution is -2.37. The number of carbonyl (C=O) groups excluding carboxylic acids is 1. The van der Waals surface area contributed by atoms with Crippen LogP contribution in [-0.4, -0.2) is 30.1 Å². The molecule has 0 bridgehead atoms. The molecule has 18 heavy (non-hydrogen) atoms. The molecule has 5 nitrogen and oxygen atoms in total. The maximum Gasteiger partial charge on any atom is 0.321 e. The van der Waals surface area contributed by atoms with Gasteiger partial charge in [-0.2, -0.15) is 0 Å². The van der Waals surface area contributed by atoms with Gasteiger partial charge in [0.2, 0.25) is 5.91 Å². The zero-order valence-corrected chi connectivity index (χ0v) is 10.2. The van der Waals surface area contributed by atoms with Crippen molar-refractivity contribution in [3.05, 3.63) is 29.6 Å². The van der Waals surface area contributed by atoms with Gasteiger partial charge in [-0.25, -0.2) is 4.39 Å². The van der Waals surface area contributed by atoms with Crippen molar-refractivity contribution in [3.8, 4) is 0 Å². The number of amides is 1. The first-order chi connectivity index (χ1) is 8.32. The summed E-state index contributed by atoms with van der Waals surface area (Å²) in [5, 5.41) is 8.62. The third kappa shape index (κ3) is 3.27. The van der Waals surface area contributed by atoms with Crippen LogP contribution in [0.3, 0.4) is 0 Å². The van der Waals surface area contributed by atoms with Gasteiger partial charge in [0.15, 0.2) is 0 Å². The molecule has 98 valence electrons. The average Bonchev–Trinajstić information content (AvgIpc) is 2.31. The topological polar surface area (TPSA) is 83.6 Å². The molecule has 1 atom stereocenters. The number of carboxylic acids is 1. The Morgan fingerprint density at radius 3 is 2.61 bits per heavy atom. The highest BCUT2D eigenvalue weighted by molar-refractivity contribution is 5.95. The SMILES string of the molecule is Cc1cc(N(C)C(=O)CC(N)C(=O)O)ccc1F. The molecule has 0 radical (unpaired) electrons. The number of aryl methyl sites for hydroxylation is 1. The van der Waals surface area contributed by atoms with Gasteiger partial charge in [0.1, 0.15) is 11.9 Å². The number of nitrogens with zero attached hydrogens (tertiary/aromatic N) is 1. The second kappa shape index (κ2) is 5.59. The number of carboxylic acid groups (broad SMARTS) is 1. The van der Waals surface area contributed by atoms with Crippen LogP contribution < -0.4 is 10.6 Å². The highest BCUT2D eigenvalue weighted by atomic mass is 19.1. The van der Waals surface area contributed by atoms with Gasteiger partial charge < -0.3 is 15.7 Å². The minimum absolute atomic E-state index is 0.303. The summed E-state index contributed by atoms with van der Waals surface area (Å²) in [4.78, 5) is 23.5. The maximum atomic E-state index is 13.1. The molecule has 0 saturated carbocycles. The molecule has 1 aromatic rings. The Morgan fingerprint density at radius 1 is 1.50 bits per heavy atom. The number of hydrogen-bond acceptors (Lipinski definition) is 3. The molecule has 1 aromatic carbocycles. The fourth-order valence-corrected chi connectivity index (χ4v) is 1.39. The zero-order valence-electron chi connectivity index (χ0n) is 10.2. The van der Waals surface area contributed by atoms with Gasteiger partial charge in [0, 0.05) is 12.7 Å². The molecule has 1 amide bonds. The summed E-state index contributed by atoms with van der Waals surface area (Å²) in [6, 6.07) is 2.99. The van der Waals surface area contributed by atoms with Crippen molar-refractivity contribution in [3.63, 3.8) is 0 Å². The molecule has 3 N–H and O–H groups in total. The standard InChI is InChI=1S/C12H15FN2O3/c1-7-5-8(3-4-9(7)13)15(2)11(16)6-10(14)12(17)18/h3-5,10H,6,14H2,1-2H3,(H,17,18). The molecule has 1 rings (SSSR count). The van der Waals surface area contributed by atoms with E-state index in [-0.39, 0.29) is 12.2 Å². The van der Waals surface area contributed by atoms with E-state index in [1.54, 1.807) is 6.92 Å². The summed E-state index contributed by atoms with van der Waals surface area (Å²) in [6.07, 6.45) is -0.303. The highest BCUT2D eigenvalue weighted by Gasteiger charge is 2.20. The van der Waals surface area contributed by atoms with Gasteiger partial charge >= 0.3 is 5.97 Å². The van der Waals surface area contributed by atoms with E-state index in [0.29, 0.717) is 11.3 Å². The quantitative estimate of drug-likeness (QED) is 0.836. The largest absolute Gasteiger partial charge is 0.480 e. The Kier molecular flexibility index (Phi) is 4.38. The molecule has 1 unspecified atom stereocenters. The Morgan fingerprint density at radius 2 is 2.11 bits per heavy atom. The van der Waals surface area contributed by atoms with Crippen LogP contribution in [0.25, 0.3) is 0 Å². The molecule has 0 aliphatic rings. The van der Waals surface area contributed by atoms with Crippen molar-refractivity contribution < 1.29 is 19.1 Å². The number of carbonyl (C=O) groups is 2. The van der Waals surface area contributed by atoms with Crippen molar-refractivity contribution in [2.75, 3.05) is 11.9 Å². The highest BCUT2D eigenvalue weighted by Crippen LogP contribution is 2.18. The number of halogens is 1. The van der Waals surface area contributed by atoms with Crippen LogP contribution in [0.5, 0.6) is 0 Å². The zero-order chi connectivity index (χ0) is 13.9. The van der Waals surface area contributed by atoms with Gasteiger partial charge in [-0.15, -0.1) is 0 Å². The molecule has 0 spiro atoms. The number of benzene rings is 1. The summed E-state index contributed by atoms with van der Waals surface area (Å²) in [7, 11) is 1.49. The minimum Gasteiger partial charge on any atom is -0.480 e. The van der Waals surface area contributed by atoms with Gasteiger partial charge in [-0.1, -0.05) is 0 Å². The lowest BCUT2D eigenvalue weighted by Gasteiger charge is -2.19. The fraction of sp³-hybridized carbons (Fsp3) is 0.333. The Bertz CT molecular complexity index is 476. The van der Waals surface area contributed by atoms with Gasteiger partial charge in [-0.3, -0.25) is 9.59 Å². The number of nitrogens with two attached hydrogens (primary N) is 1. The van der Waals surface area contributed by atoms with E-state index in [2.05, 4.69) is 0 Å². The summed E-state index contributed by atoms with van der Waals surface area (Å²) in [5.41, 5.74) is 6.19. The van der Waals surface area contributed by atoms with E-state index in [0.717, 1.165) is 0 Å². The van der Waals surface area contributed by atoms with Gasteiger partial charge in [0.25, 0.3) is 0 Å². The van der Waals surface area contributed by atoms with E-state index >= 15 is 0 Å². The van der Waals surface area contributed by atoms with Crippen LogP contribution in [0, 0.1) is 12.7 Å². The first kappa shape index (κ1) is 14.1. The van der Waals surface area contributed by atoms with Crippen molar-refractivity contribution >= 4 is 17.6 Å². The summed E-state index contributed by atoms with van der Waals surface area (Å²) in [6.45, 7) is 1.58. The molecule has 0 aliphatic carbocycles. The maximum absolute atomic E-state index is 13.1. The van der Waals surface area contributed by atoms with Gasteiger partial charge in [-0.05, 0) is 30.7 Å². The third-order valence-electron chi connectivity index (χ3n) is 2.61. The lowest BCUT2D eigenvalue weighted by atomic mass is 10.1. The normalized spacial score (nSPS) is 12.0. The number of anilines is 1. The van der Waals surface area contributed by atoms with Crippen molar-refractivity contribution in [2.24, 2.45) is 5.73 Å². The van der Waals surface area contributed by atoms with Crippen molar-refractivity contribution in [1.82, 2.24) is 0 Å². The second-order valence-electron chi connectivity index (χ2n) is 4.04. The third-order valence-corrected chi connectivity index (χ3v) is 2.61. The van der Waals surface area contributed by atoms with Crippen LogP contribution in [0.4, 0.5) is 10.1 Å². The van der Waals surface area contributed by atoms with E-state index in [1.165, 1.54) is 30.1 Å². The Balaban J connectivity index is 2.80. The molecular formula is C12H15FN2O3. The number of aliphatic carboxylic acids is 1. The average molecular weight is 254 g/mol. The second-order valence-corrected chi connectivity index (χ2v) is 4.04. The monoisotopic (exact) mass is 254 g/mol. The predicted molar refractivity (Wildman–Crippen MR) is 64.8 cm³/mol. The van der Waals surface area contributed by atoms with Crippen molar-refractivity contribution in [1.29, 1.82) is 0 Å². The number of hydrogen-bond donors (Lipinski definition) is 2. The molecule has 0 saturated heterocycles. The Hall–Kier alpha value is -1.95. The molecule has 0 fully saturated rings. The number of rotatable bonds is 4. The van der Waals surface area contributed by atoms with Gasteiger partial charge in [0.05, 0.1) is 6.42 Å². The van der Waals surface area contributed by atoms with E-state index < -0.39 is 17.9 Å². The molecule has 0 aromatic heterocycles. The van der Waals surface area contributed by atoms with Crippen LogP contribution in [0.1, 0.15) is 12.0 Å². The predicted octanol–water partition coefficient (Wildman–Crippen LogP) is 0.899. The molecule has 0 aliphatic heterocycles. The Labute approximate surface area is 104 Å². The van der Waals surface area contributed by atoms with E-state index in [4.69, 9.17) is 10.8 Å². The lowest BCUT2D eigenvalue weighted by molar-refractivity contribution is -0.140. The van der Waals surface area contributed by atoms with E-state index in [9.17, 15) is 14.0 Å². The van der Waals surface area contributed by atoms with E-state index in [1.807, 2.05) is 0 Å². The van der Waals surface area contributed by atoms with Crippen molar-refractivity contribution in [2.45, 2.75) is 19.4 Å². The van der Waals surface area contributed by atoms with Crippen LogP contribution >= 0.6 is 0 Å². The summed E-state index contributed by atoms with van der Waals surface area (Å²) < 4.78 is 13.1. The fourth-order valence-electron chi connectivity index (χ4n) is 1.39. The van der Waals surface area contributed by atoms with Crippen LogP contribution in [0.15, 0.2) is 18.2 Å². The summed E-state index contributed by atoms with van der Waals surface area (Å²) in [5.74, 6) is -2.02.